The monoisotopic (exact) mass is 471 g/mol. The Labute approximate surface area is 200 Å². The largest absolute Gasteiger partial charge is 0.468 e. The Morgan fingerprint density at radius 2 is 1.88 bits per heavy atom. The molecule has 0 amide bonds. The van der Waals surface area contributed by atoms with Crippen LogP contribution >= 0.6 is 11.8 Å². The second kappa shape index (κ2) is 11.1. The summed E-state index contributed by atoms with van der Waals surface area (Å²) in [5.41, 5.74) is 4.34. The van der Waals surface area contributed by atoms with Gasteiger partial charge in [0.2, 0.25) is 0 Å². The van der Waals surface area contributed by atoms with Gasteiger partial charge in [-0.05, 0) is 42.6 Å². The van der Waals surface area contributed by atoms with Crippen molar-refractivity contribution in [1.29, 1.82) is 0 Å². The molecule has 0 fully saturated rings. The van der Waals surface area contributed by atoms with Gasteiger partial charge in [-0.25, -0.2) is 4.79 Å². The number of dihydropyridines is 1. The summed E-state index contributed by atoms with van der Waals surface area (Å²) in [7, 11) is 1.30. The molecular formula is C26H33NO5S. The lowest BCUT2D eigenvalue weighted by Gasteiger charge is -2.38. The molecule has 3 rings (SSSR count). The van der Waals surface area contributed by atoms with Crippen molar-refractivity contribution < 1.29 is 23.9 Å². The molecule has 0 saturated carbocycles. The SMILES string of the molecule is CCSCCOC(=O)C1=C(C)NC2=C(C(=O)[C@H](C(=O)OC)[C@H](C)C2)[C@@H]1c1ccc(CC)cc1. The minimum absolute atomic E-state index is 0.202. The normalized spacial score (nSPS) is 22.6. The molecule has 0 unspecified atom stereocenters. The number of rotatable bonds is 8. The van der Waals surface area contributed by atoms with Crippen molar-refractivity contribution in [2.24, 2.45) is 11.8 Å². The molecule has 0 bridgehead atoms. The lowest BCUT2D eigenvalue weighted by Crippen LogP contribution is -2.43. The Morgan fingerprint density at radius 3 is 2.48 bits per heavy atom. The third-order valence-electron chi connectivity index (χ3n) is 6.35. The molecule has 1 aromatic rings. The molecule has 0 radical (unpaired) electrons. The molecule has 1 aromatic carbocycles. The lowest BCUT2D eigenvalue weighted by atomic mass is 9.69. The Bertz CT molecular complexity index is 979. The molecule has 33 heavy (non-hydrogen) atoms. The van der Waals surface area contributed by atoms with E-state index in [0.717, 1.165) is 23.4 Å². The number of ketones is 1. The van der Waals surface area contributed by atoms with Crippen LogP contribution in [0.25, 0.3) is 0 Å². The Balaban J connectivity index is 2.06. The van der Waals surface area contributed by atoms with E-state index in [4.69, 9.17) is 9.47 Å². The summed E-state index contributed by atoms with van der Waals surface area (Å²) in [5.74, 6) is -1.27. The van der Waals surface area contributed by atoms with Crippen molar-refractivity contribution in [3.63, 3.8) is 0 Å². The summed E-state index contributed by atoms with van der Waals surface area (Å²) in [4.78, 5) is 39.4. The van der Waals surface area contributed by atoms with Gasteiger partial charge in [-0.3, -0.25) is 9.59 Å². The Kier molecular flexibility index (Phi) is 8.40. The fourth-order valence-corrected chi connectivity index (χ4v) is 5.14. The minimum Gasteiger partial charge on any atom is -0.468 e. The number of ether oxygens (including phenoxy) is 2. The average Bonchev–Trinajstić information content (AvgIpc) is 2.80. The fraction of sp³-hybridized carbons (Fsp3) is 0.500. The zero-order valence-electron chi connectivity index (χ0n) is 20.0. The van der Waals surface area contributed by atoms with Crippen molar-refractivity contribution in [2.75, 3.05) is 25.2 Å². The van der Waals surface area contributed by atoms with Crippen LogP contribution in [-0.4, -0.2) is 42.9 Å². The van der Waals surface area contributed by atoms with Crippen LogP contribution < -0.4 is 5.32 Å². The molecular weight excluding hydrogens is 438 g/mol. The van der Waals surface area contributed by atoms with E-state index in [0.29, 0.717) is 35.6 Å². The van der Waals surface area contributed by atoms with E-state index in [1.807, 2.05) is 38.1 Å². The van der Waals surface area contributed by atoms with Gasteiger partial charge in [0.15, 0.2) is 5.78 Å². The number of esters is 2. The number of Topliss-reactive ketones (excluding diaryl/α,β-unsaturated/α-hetero) is 1. The van der Waals surface area contributed by atoms with Crippen molar-refractivity contribution in [3.05, 3.63) is 57.9 Å². The number of hydrogen-bond donors (Lipinski definition) is 1. The van der Waals surface area contributed by atoms with Crippen LogP contribution in [-0.2, 0) is 30.3 Å². The van der Waals surface area contributed by atoms with Crippen LogP contribution in [0.1, 0.15) is 51.2 Å². The molecule has 1 heterocycles. The zero-order valence-corrected chi connectivity index (χ0v) is 20.8. The van der Waals surface area contributed by atoms with Crippen LogP contribution in [0.4, 0.5) is 0 Å². The van der Waals surface area contributed by atoms with Crippen molar-refractivity contribution in [1.82, 2.24) is 5.32 Å². The molecule has 1 aliphatic heterocycles. The summed E-state index contributed by atoms with van der Waals surface area (Å²) < 4.78 is 10.5. The third-order valence-corrected chi connectivity index (χ3v) is 7.21. The van der Waals surface area contributed by atoms with E-state index in [-0.39, 0.29) is 11.7 Å². The van der Waals surface area contributed by atoms with E-state index in [9.17, 15) is 14.4 Å². The van der Waals surface area contributed by atoms with Crippen molar-refractivity contribution >= 4 is 29.5 Å². The van der Waals surface area contributed by atoms with Crippen molar-refractivity contribution in [2.45, 2.75) is 46.5 Å². The standard InChI is InChI=1S/C26H33NO5S/c1-6-17-8-10-18(11-9-17)22-21(26(30)32-12-13-33-7-2)16(4)27-19-14-15(3)20(25(29)31-5)24(28)23(19)22/h8-11,15,20,22,27H,6-7,12-14H2,1-5H3/t15-,20-,22-/m1/s1. The van der Waals surface area contributed by atoms with E-state index in [1.54, 1.807) is 11.8 Å². The second-order valence-corrected chi connectivity index (χ2v) is 9.86. The molecule has 7 heteroatoms. The highest BCUT2D eigenvalue weighted by Gasteiger charge is 2.47. The first-order chi connectivity index (χ1) is 15.8. The van der Waals surface area contributed by atoms with Crippen LogP contribution in [0.5, 0.6) is 0 Å². The van der Waals surface area contributed by atoms with Gasteiger partial charge in [-0.1, -0.05) is 45.0 Å². The van der Waals surface area contributed by atoms with E-state index >= 15 is 0 Å². The number of thioether (sulfide) groups is 1. The number of nitrogens with one attached hydrogen (secondary N) is 1. The van der Waals surface area contributed by atoms with E-state index in [1.165, 1.54) is 12.7 Å². The molecule has 0 aromatic heterocycles. The molecule has 6 nitrogen and oxygen atoms in total. The second-order valence-electron chi connectivity index (χ2n) is 8.46. The molecule has 0 saturated heterocycles. The van der Waals surface area contributed by atoms with Crippen LogP contribution in [0.15, 0.2) is 46.8 Å². The van der Waals surface area contributed by atoms with Gasteiger partial charge < -0.3 is 14.8 Å². The minimum atomic E-state index is -0.885. The van der Waals surface area contributed by atoms with E-state index in [2.05, 4.69) is 19.2 Å². The predicted molar refractivity (Wildman–Crippen MR) is 130 cm³/mol. The van der Waals surface area contributed by atoms with Gasteiger partial charge in [0.05, 0.1) is 12.7 Å². The molecule has 0 spiro atoms. The van der Waals surface area contributed by atoms with Gasteiger partial charge in [0.1, 0.15) is 12.5 Å². The summed E-state index contributed by atoms with van der Waals surface area (Å²) in [6.45, 7) is 8.16. The number of allylic oxidation sites excluding steroid dienone is 3. The average molecular weight is 472 g/mol. The van der Waals surface area contributed by atoms with Gasteiger partial charge in [0.25, 0.3) is 0 Å². The Hall–Kier alpha value is -2.54. The van der Waals surface area contributed by atoms with Crippen LogP contribution in [0.2, 0.25) is 0 Å². The maximum Gasteiger partial charge on any atom is 0.336 e. The summed E-state index contributed by atoms with van der Waals surface area (Å²) in [6, 6.07) is 7.96. The summed E-state index contributed by atoms with van der Waals surface area (Å²) >= 11 is 1.70. The fourth-order valence-electron chi connectivity index (χ4n) is 4.65. The number of benzene rings is 1. The molecule has 1 aliphatic carbocycles. The van der Waals surface area contributed by atoms with Gasteiger partial charge in [-0.2, -0.15) is 11.8 Å². The highest BCUT2D eigenvalue weighted by Crippen LogP contribution is 2.45. The highest BCUT2D eigenvalue weighted by atomic mass is 32.2. The summed E-state index contributed by atoms with van der Waals surface area (Å²) in [6.07, 6.45) is 1.41. The van der Waals surface area contributed by atoms with E-state index < -0.39 is 23.8 Å². The van der Waals surface area contributed by atoms with Crippen LogP contribution in [0, 0.1) is 11.8 Å². The topological polar surface area (TPSA) is 81.7 Å². The third kappa shape index (κ3) is 5.18. The Morgan fingerprint density at radius 1 is 1.18 bits per heavy atom. The quantitative estimate of drug-likeness (QED) is 0.346. The highest BCUT2D eigenvalue weighted by molar-refractivity contribution is 7.99. The number of carbonyl (C=O) groups excluding carboxylic acids is 3. The van der Waals surface area contributed by atoms with Gasteiger partial charge in [0, 0.05) is 28.6 Å². The number of carbonyl (C=O) groups is 3. The number of aryl methyl sites for hydroxylation is 1. The van der Waals surface area contributed by atoms with Gasteiger partial charge in [-0.15, -0.1) is 0 Å². The number of hydrogen-bond acceptors (Lipinski definition) is 7. The summed E-state index contributed by atoms with van der Waals surface area (Å²) in [5, 5.41) is 3.29. The zero-order chi connectivity index (χ0) is 24.1. The first-order valence-electron chi connectivity index (χ1n) is 11.5. The molecule has 1 N–H and O–H groups in total. The van der Waals surface area contributed by atoms with Crippen molar-refractivity contribution in [3.8, 4) is 0 Å². The first-order valence-corrected chi connectivity index (χ1v) is 12.7. The maximum absolute atomic E-state index is 13.7. The smallest absolute Gasteiger partial charge is 0.336 e. The predicted octanol–water partition coefficient (Wildman–Crippen LogP) is 4.16. The molecule has 2 aliphatic rings. The number of methoxy groups -OCH3 is 1. The molecule has 3 atom stereocenters. The lowest BCUT2D eigenvalue weighted by molar-refractivity contribution is -0.151. The maximum atomic E-state index is 13.7. The molecule has 178 valence electrons. The van der Waals surface area contributed by atoms with Gasteiger partial charge >= 0.3 is 11.9 Å². The first kappa shape index (κ1) is 25.1. The van der Waals surface area contributed by atoms with Crippen LogP contribution in [0.3, 0.4) is 0 Å².